The second-order valence-electron chi connectivity index (χ2n) is 5.81. The number of carbonyl (C=O) groups excluding carboxylic acids is 1. The van der Waals surface area contributed by atoms with Crippen LogP contribution in [0.25, 0.3) is 0 Å². The molecule has 0 aliphatic heterocycles. The van der Waals surface area contributed by atoms with Crippen LogP contribution in [0.5, 0.6) is 0 Å². The van der Waals surface area contributed by atoms with Gasteiger partial charge in [-0.15, -0.1) is 11.3 Å². The number of thiophene rings is 1. The van der Waals surface area contributed by atoms with Crippen molar-refractivity contribution in [3.8, 4) is 0 Å². The topological polar surface area (TPSA) is 80.5 Å². The van der Waals surface area contributed by atoms with Crippen molar-refractivity contribution in [3.05, 3.63) is 16.5 Å². The summed E-state index contributed by atoms with van der Waals surface area (Å²) in [4.78, 5) is 14.7. The van der Waals surface area contributed by atoms with Crippen LogP contribution in [-0.2, 0) is 10.0 Å². The van der Waals surface area contributed by atoms with Gasteiger partial charge in [-0.1, -0.05) is 19.3 Å². The summed E-state index contributed by atoms with van der Waals surface area (Å²) in [5.74, 6) is 0.448. The number of hydrogen-bond acceptors (Lipinski definition) is 4. The van der Waals surface area contributed by atoms with Crippen molar-refractivity contribution in [1.29, 1.82) is 0 Å². The summed E-state index contributed by atoms with van der Waals surface area (Å²) in [5, 5.41) is 5.12. The van der Waals surface area contributed by atoms with Crippen LogP contribution in [-0.4, -0.2) is 32.8 Å². The van der Waals surface area contributed by atoms with Crippen LogP contribution in [0.2, 0.25) is 0 Å². The zero-order valence-electron chi connectivity index (χ0n) is 12.5. The normalized spacial score (nSPS) is 16.9. The SMILES string of the molecule is Cc1cc(S(N)(=O)=O)sc1C(=O)N(C)CC1CCCCC1. The Hall–Kier alpha value is -0.920. The van der Waals surface area contributed by atoms with Gasteiger partial charge in [-0.05, 0) is 37.3 Å². The standard InChI is InChI=1S/C14H22N2O3S2/c1-10-8-12(21(15,18)19)20-13(10)14(17)16(2)9-11-6-4-3-5-7-11/h8,11H,3-7,9H2,1-2H3,(H2,15,18,19). The molecule has 0 spiro atoms. The van der Waals surface area contributed by atoms with Crippen LogP contribution in [0.1, 0.15) is 47.3 Å². The molecule has 7 heteroatoms. The van der Waals surface area contributed by atoms with Crippen LogP contribution in [0.3, 0.4) is 0 Å². The summed E-state index contributed by atoms with van der Waals surface area (Å²) in [6.07, 6.45) is 6.10. The van der Waals surface area contributed by atoms with Crippen molar-refractivity contribution < 1.29 is 13.2 Å². The zero-order valence-corrected chi connectivity index (χ0v) is 14.1. The minimum atomic E-state index is -3.74. The molecular weight excluding hydrogens is 308 g/mol. The van der Waals surface area contributed by atoms with E-state index in [9.17, 15) is 13.2 Å². The fourth-order valence-corrected chi connectivity index (χ4v) is 4.77. The first kappa shape index (κ1) is 16.5. The largest absolute Gasteiger partial charge is 0.341 e. The van der Waals surface area contributed by atoms with Gasteiger partial charge in [0.05, 0.1) is 4.88 Å². The number of amides is 1. The average Bonchev–Trinajstić information content (AvgIpc) is 2.81. The Kier molecular flexibility index (Phi) is 5.06. The Morgan fingerprint density at radius 3 is 2.52 bits per heavy atom. The maximum Gasteiger partial charge on any atom is 0.263 e. The van der Waals surface area contributed by atoms with Gasteiger partial charge >= 0.3 is 0 Å². The molecule has 0 unspecified atom stereocenters. The van der Waals surface area contributed by atoms with E-state index in [2.05, 4.69) is 0 Å². The Morgan fingerprint density at radius 1 is 1.38 bits per heavy atom. The third kappa shape index (κ3) is 4.05. The fraction of sp³-hybridized carbons (Fsp3) is 0.643. The number of nitrogens with two attached hydrogens (primary N) is 1. The van der Waals surface area contributed by atoms with Crippen LogP contribution in [0.4, 0.5) is 0 Å². The highest BCUT2D eigenvalue weighted by atomic mass is 32.2. The minimum absolute atomic E-state index is 0.0504. The predicted molar refractivity (Wildman–Crippen MR) is 84.0 cm³/mol. The lowest BCUT2D eigenvalue weighted by Crippen LogP contribution is -2.32. The number of hydrogen-bond donors (Lipinski definition) is 1. The maximum absolute atomic E-state index is 12.5. The molecule has 0 radical (unpaired) electrons. The van der Waals surface area contributed by atoms with E-state index in [1.54, 1.807) is 18.9 Å². The Morgan fingerprint density at radius 2 is 2.00 bits per heavy atom. The van der Waals surface area contributed by atoms with Gasteiger partial charge in [0, 0.05) is 13.6 Å². The molecule has 2 rings (SSSR count). The van der Waals surface area contributed by atoms with Crippen LogP contribution < -0.4 is 5.14 Å². The monoisotopic (exact) mass is 330 g/mol. The van der Waals surface area contributed by atoms with Gasteiger partial charge in [0.25, 0.3) is 5.91 Å². The molecule has 1 aliphatic rings. The van der Waals surface area contributed by atoms with Crippen molar-refractivity contribution >= 4 is 27.3 Å². The van der Waals surface area contributed by atoms with Crippen molar-refractivity contribution in [2.24, 2.45) is 11.1 Å². The molecule has 118 valence electrons. The molecule has 1 aliphatic carbocycles. The third-order valence-corrected chi connectivity index (χ3v) is 6.62. The van der Waals surface area contributed by atoms with E-state index in [1.165, 1.54) is 38.2 Å². The highest BCUT2D eigenvalue weighted by Crippen LogP contribution is 2.28. The van der Waals surface area contributed by atoms with Gasteiger partial charge in [-0.3, -0.25) is 4.79 Å². The molecule has 1 amide bonds. The Bertz CT molecular complexity index is 616. The summed E-state index contributed by atoms with van der Waals surface area (Å²) in [6.45, 7) is 2.48. The van der Waals surface area contributed by atoms with Gasteiger partial charge < -0.3 is 4.90 Å². The van der Waals surface area contributed by atoms with Gasteiger partial charge in [0.15, 0.2) is 0 Å². The molecule has 1 aromatic rings. The van der Waals surface area contributed by atoms with Crippen LogP contribution in [0, 0.1) is 12.8 Å². The first-order valence-corrected chi connectivity index (χ1v) is 9.54. The second-order valence-corrected chi connectivity index (χ2v) is 8.65. The first-order valence-electron chi connectivity index (χ1n) is 7.17. The van der Waals surface area contributed by atoms with Crippen molar-refractivity contribution in [2.75, 3.05) is 13.6 Å². The Balaban J connectivity index is 2.10. The summed E-state index contributed by atoms with van der Waals surface area (Å²) >= 11 is 0.961. The van der Waals surface area contributed by atoms with Gasteiger partial charge in [0.2, 0.25) is 10.0 Å². The summed E-state index contributed by atoms with van der Waals surface area (Å²) in [7, 11) is -1.96. The first-order chi connectivity index (χ1) is 9.79. The van der Waals surface area contributed by atoms with E-state index in [0.717, 1.165) is 17.9 Å². The molecule has 1 fully saturated rings. The van der Waals surface area contributed by atoms with E-state index < -0.39 is 10.0 Å². The molecule has 0 aromatic carbocycles. The highest BCUT2D eigenvalue weighted by molar-refractivity contribution is 7.91. The smallest absolute Gasteiger partial charge is 0.263 e. The van der Waals surface area contributed by atoms with Crippen molar-refractivity contribution in [2.45, 2.75) is 43.2 Å². The number of primary sulfonamides is 1. The minimum Gasteiger partial charge on any atom is -0.341 e. The molecule has 0 bridgehead atoms. The molecule has 0 saturated heterocycles. The average molecular weight is 330 g/mol. The number of nitrogens with zero attached hydrogens (tertiary/aromatic N) is 1. The molecular formula is C14H22N2O3S2. The maximum atomic E-state index is 12.5. The molecule has 1 heterocycles. The zero-order chi connectivity index (χ0) is 15.6. The second kappa shape index (κ2) is 6.46. The summed E-state index contributed by atoms with van der Waals surface area (Å²) in [5.41, 5.74) is 0.671. The number of aryl methyl sites for hydroxylation is 1. The summed E-state index contributed by atoms with van der Waals surface area (Å²) < 4.78 is 22.8. The van der Waals surface area contributed by atoms with E-state index in [0.29, 0.717) is 16.4 Å². The predicted octanol–water partition coefficient (Wildman–Crippen LogP) is 2.36. The fourth-order valence-electron chi connectivity index (χ4n) is 2.82. The lowest BCUT2D eigenvalue weighted by atomic mass is 9.89. The third-order valence-electron chi connectivity index (χ3n) is 3.97. The summed E-state index contributed by atoms with van der Waals surface area (Å²) in [6, 6.07) is 1.47. The Labute approximate surface area is 130 Å². The molecule has 2 N–H and O–H groups in total. The van der Waals surface area contributed by atoms with Gasteiger partial charge in [-0.2, -0.15) is 0 Å². The molecule has 1 aromatic heterocycles. The van der Waals surface area contributed by atoms with Gasteiger partial charge in [-0.25, -0.2) is 13.6 Å². The van der Waals surface area contributed by atoms with E-state index in [-0.39, 0.29) is 10.1 Å². The number of rotatable bonds is 4. The number of carbonyl (C=O) groups is 1. The van der Waals surface area contributed by atoms with Crippen LogP contribution >= 0.6 is 11.3 Å². The quantitative estimate of drug-likeness (QED) is 0.920. The number of sulfonamides is 1. The van der Waals surface area contributed by atoms with E-state index in [1.807, 2.05) is 0 Å². The van der Waals surface area contributed by atoms with E-state index >= 15 is 0 Å². The molecule has 21 heavy (non-hydrogen) atoms. The van der Waals surface area contributed by atoms with E-state index in [4.69, 9.17) is 5.14 Å². The van der Waals surface area contributed by atoms with Crippen LogP contribution in [0.15, 0.2) is 10.3 Å². The lowest BCUT2D eigenvalue weighted by molar-refractivity contribution is 0.0764. The molecule has 0 atom stereocenters. The molecule has 5 nitrogen and oxygen atoms in total. The lowest BCUT2D eigenvalue weighted by Gasteiger charge is -2.27. The molecule has 1 saturated carbocycles. The van der Waals surface area contributed by atoms with Crippen molar-refractivity contribution in [3.63, 3.8) is 0 Å². The van der Waals surface area contributed by atoms with Gasteiger partial charge in [0.1, 0.15) is 4.21 Å². The highest BCUT2D eigenvalue weighted by Gasteiger charge is 2.23. The van der Waals surface area contributed by atoms with Crippen molar-refractivity contribution in [1.82, 2.24) is 4.90 Å².